The maximum atomic E-state index is 13.3. The first-order valence-corrected chi connectivity index (χ1v) is 15.1. The molecule has 0 amide bonds. The first-order chi connectivity index (χ1) is 19.7. The number of hydrogen-bond acceptors (Lipinski definition) is 7. The van der Waals surface area contributed by atoms with Gasteiger partial charge in [0.15, 0.2) is 0 Å². The molecule has 2 aromatic carbocycles. The lowest BCUT2D eigenvalue weighted by Gasteiger charge is -2.24. The first-order valence-electron chi connectivity index (χ1n) is 13.6. The van der Waals surface area contributed by atoms with Crippen molar-refractivity contribution in [2.24, 2.45) is 0 Å². The third-order valence-corrected chi connectivity index (χ3v) is 7.12. The highest BCUT2D eigenvalue weighted by Crippen LogP contribution is 2.40. The number of aromatic nitrogens is 1. The number of cyclic esters (lactones) is 1. The molecule has 1 unspecified atom stereocenters. The van der Waals surface area contributed by atoms with Crippen LogP contribution < -0.4 is 4.72 Å². The van der Waals surface area contributed by atoms with Crippen LogP contribution in [0.2, 0.25) is 0 Å². The smallest absolute Gasteiger partial charge is 0.349 e. The number of aliphatic hydroxyl groups excluding tert-OH is 1. The van der Waals surface area contributed by atoms with Gasteiger partial charge in [0.25, 0.3) is 0 Å². The fourth-order valence-electron chi connectivity index (χ4n) is 3.81. The standard InChI is InChI=1S/C21H21F3N2O3S2.C8H10.C2H6/c1-2-4-16-11-18(27)17(20(28)29-16)10-13-5-3-6-15(9-13)26-30-19-8-7-14(12-25-19)21(22,23)31-24;1-2-8-6-4-3-5-7-8;1-2/h3,5-9,12,16,26-27H,2,4,10-11H2,1H3;3-7H,2H2,1H3;1-2H3. The number of nitrogens with zero attached hydrogens (tertiary/aromatic N) is 1. The van der Waals surface area contributed by atoms with E-state index in [1.807, 2.05) is 32.9 Å². The lowest BCUT2D eigenvalue weighted by molar-refractivity contribution is -0.147. The number of carbonyl (C=O) groups excluding carboxylic acids is 1. The van der Waals surface area contributed by atoms with E-state index < -0.39 is 28.9 Å². The Labute approximate surface area is 249 Å². The van der Waals surface area contributed by atoms with E-state index in [0.717, 1.165) is 42.6 Å². The summed E-state index contributed by atoms with van der Waals surface area (Å²) in [7, 11) is 0. The third kappa shape index (κ3) is 11.0. The van der Waals surface area contributed by atoms with Crippen LogP contribution in [0.25, 0.3) is 0 Å². The summed E-state index contributed by atoms with van der Waals surface area (Å²) in [6, 6.07) is 20.2. The number of carbonyl (C=O) groups is 1. The summed E-state index contributed by atoms with van der Waals surface area (Å²) in [6.45, 7) is 8.15. The van der Waals surface area contributed by atoms with Gasteiger partial charge < -0.3 is 14.6 Å². The number of anilines is 1. The van der Waals surface area contributed by atoms with Crippen LogP contribution in [0, 0.1) is 0 Å². The summed E-state index contributed by atoms with van der Waals surface area (Å²) in [5.74, 6) is -0.433. The quantitative estimate of drug-likeness (QED) is 0.176. The summed E-state index contributed by atoms with van der Waals surface area (Å²) in [4.78, 5) is 16.2. The molecule has 2 N–H and O–H groups in total. The molecule has 3 aromatic rings. The van der Waals surface area contributed by atoms with Crippen molar-refractivity contribution in [3.63, 3.8) is 0 Å². The molecule has 1 aliphatic heterocycles. The normalized spacial score (nSPS) is 14.7. The first kappa shape index (κ1) is 34.1. The van der Waals surface area contributed by atoms with E-state index in [1.165, 1.54) is 11.6 Å². The van der Waals surface area contributed by atoms with Gasteiger partial charge in [0.05, 0.1) is 11.1 Å². The van der Waals surface area contributed by atoms with Crippen LogP contribution in [-0.2, 0) is 27.6 Å². The minimum absolute atomic E-state index is 0.0648. The summed E-state index contributed by atoms with van der Waals surface area (Å²) >= 11 is 0.0670. The van der Waals surface area contributed by atoms with E-state index in [-0.39, 0.29) is 23.9 Å². The number of halogens is 3. The number of esters is 1. The molecule has 2 heterocycles. The molecular formula is C31H37F3N2O3S2. The van der Waals surface area contributed by atoms with Crippen molar-refractivity contribution in [1.82, 2.24) is 4.98 Å². The summed E-state index contributed by atoms with van der Waals surface area (Å²) in [6.07, 6.45) is 3.91. The van der Waals surface area contributed by atoms with Gasteiger partial charge in [0.1, 0.15) is 29.0 Å². The number of nitrogens with one attached hydrogen (secondary N) is 1. The number of pyridine rings is 1. The van der Waals surface area contributed by atoms with Crippen molar-refractivity contribution in [1.29, 1.82) is 0 Å². The van der Waals surface area contributed by atoms with Gasteiger partial charge in [0, 0.05) is 36.7 Å². The summed E-state index contributed by atoms with van der Waals surface area (Å²) in [5.41, 5.74) is 2.64. The van der Waals surface area contributed by atoms with Gasteiger partial charge in [-0.3, -0.25) is 0 Å². The molecule has 1 aliphatic rings. The SMILES string of the molecule is CC.CCCC1CC(O)=C(Cc2cccc(NSc3ccc(C(F)(F)SF)cn3)c2)C(=O)O1.CCc1ccccc1. The number of alkyl halides is 2. The Kier molecular flexibility index (Phi) is 14.7. The minimum Gasteiger partial charge on any atom is -0.512 e. The van der Waals surface area contributed by atoms with Gasteiger partial charge in [-0.2, -0.15) is 12.7 Å². The molecule has 1 atom stereocenters. The molecule has 5 nitrogen and oxygen atoms in total. The van der Waals surface area contributed by atoms with Crippen molar-refractivity contribution in [3.05, 3.63) is 101 Å². The number of hydrogen-bond donors (Lipinski definition) is 2. The molecule has 0 aliphatic carbocycles. The number of benzene rings is 2. The van der Waals surface area contributed by atoms with Gasteiger partial charge in [-0.1, -0.05) is 76.6 Å². The van der Waals surface area contributed by atoms with E-state index >= 15 is 0 Å². The van der Waals surface area contributed by atoms with Crippen LogP contribution in [-0.4, -0.2) is 22.2 Å². The van der Waals surface area contributed by atoms with Crippen molar-refractivity contribution in [2.75, 3.05) is 4.72 Å². The second-order valence-corrected chi connectivity index (χ2v) is 10.3. The Morgan fingerprint density at radius 3 is 2.32 bits per heavy atom. The molecule has 0 saturated carbocycles. The van der Waals surface area contributed by atoms with Crippen LogP contribution in [0.3, 0.4) is 0 Å². The molecule has 0 bridgehead atoms. The maximum Gasteiger partial charge on any atom is 0.349 e. The molecule has 4 rings (SSSR count). The predicted molar refractivity (Wildman–Crippen MR) is 163 cm³/mol. The largest absolute Gasteiger partial charge is 0.512 e. The molecule has 41 heavy (non-hydrogen) atoms. The Morgan fingerprint density at radius 2 is 1.76 bits per heavy atom. The van der Waals surface area contributed by atoms with Gasteiger partial charge in [-0.05, 0) is 48.2 Å². The summed E-state index contributed by atoms with van der Waals surface area (Å²) < 4.78 is 47.3. The van der Waals surface area contributed by atoms with Crippen molar-refractivity contribution >= 4 is 35.8 Å². The van der Waals surface area contributed by atoms with Crippen LogP contribution in [0.5, 0.6) is 0 Å². The molecule has 10 heteroatoms. The number of aryl methyl sites for hydroxylation is 1. The van der Waals surface area contributed by atoms with Crippen molar-refractivity contribution in [2.45, 2.75) is 76.2 Å². The van der Waals surface area contributed by atoms with E-state index in [0.29, 0.717) is 23.6 Å². The average molecular weight is 607 g/mol. The van der Waals surface area contributed by atoms with Crippen LogP contribution >= 0.6 is 24.1 Å². The molecule has 0 radical (unpaired) electrons. The fourth-order valence-corrected chi connectivity index (χ4v) is 4.61. The molecule has 1 aromatic heterocycles. The zero-order valence-corrected chi connectivity index (χ0v) is 25.3. The lowest BCUT2D eigenvalue weighted by atomic mass is 9.98. The second-order valence-electron chi connectivity index (χ2n) is 8.84. The van der Waals surface area contributed by atoms with E-state index in [1.54, 1.807) is 18.2 Å². The molecule has 0 saturated heterocycles. The number of ether oxygens (including phenoxy) is 1. The monoisotopic (exact) mass is 606 g/mol. The molecule has 222 valence electrons. The van der Waals surface area contributed by atoms with E-state index in [2.05, 4.69) is 40.9 Å². The topological polar surface area (TPSA) is 71.5 Å². The number of rotatable bonds is 10. The highest BCUT2D eigenvalue weighted by molar-refractivity contribution is 8.00. The van der Waals surface area contributed by atoms with Crippen LogP contribution in [0.4, 0.5) is 18.4 Å². The third-order valence-electron chi connectivity index (χ3n) is 5.90. The number of aliphatic hydroxyl groups is 1. The fraction of sp³-hybridized carbons (Fsp3) is 0.355. The predicted octanol–water partition coefficient (Wildman–Crippen LogP) is 9.61. The zero-order chi connectivity index (χ0) is 30.3. The zero-order valence-electron chi connectivity index (χ0n) is 23.7. The second kappa shape index (κ2) is 17.6. The van der Waals surface area contributed by atoms with Crippen LogP contribution in [0.15, 0.2) is 89.3 Å². The Hall–Kier alpha value is -3.11. The minimum atomic E-state index is -3.63. The van der Waals surface area contributed by atoms with E-state index in [4.69, 9.17) is 4.74 Å². The van der Waals surface area contributed by atoms with Gasteiger partial charge in [0.2, 0.25) is 0 Å². The Morgan fingerprint density at radius 1 is 1.05 bits per heavy atom. The maximum absolute atomic E-state index is 13.3. The van der Waals surface area contributed by atoms with E-state index in [9.17, 15) is 22.6 Å². The van der Waals surface area contributed by atoms with Crippen LogP contribution in [0.1, 0.15) is 63.6 Å². The Balaban J connectivity index is 0.000000500. The molecule has 0 spiro atoms. The lowest BCUT2D eigenvalue weighted by Crippen LogP contribution is -2.27. The highest BCUT2D eigenvalue weighted by atomic mass is 32.2. The van der Waals surface area contributed by atoms with Gasteiger partial charge in [-0.25, -0.2) is 9.78 Å². The highest BCUT2D eigenvalue weighted by Gasteiger charge is 2.34. The Bertz CT molecular complexity index is 1240. The average Bonchev–Trinajstić information content (AvgIpc) is 3.00. The molecular weight excluding hydrogens is 569 g/mol. The molecule has 0 fully saturated rings. The van der Waals surface area contributed by atoms with Gasteiger partial charge in [-0.15, -0.1) is 0 Å². The van der Waals surface area contributed by atoms with Gasteiger partial charge >= 0.3 is 11.2 Å². The van der Waals surface area contributed by atoms with Crippen molar-refractivity contribution < 1.29 is 27.3 Å². The van der Waals surface area contributed by atoms with Crippen molar-refractivity contribution in [3.8, 4) is 0 Å². The summed E-state index contributed by atoms with van der Waals surface area (Å²) in [5, 5.41) is 7.08.